The summed E-state index contributed by atoms with van der Waals surface area (Å²) in [5.41, 5.74) is 2.02. The van der Waals surface area contributed by atoms with Gasteiger partial charge in [0, 0.05) is 17.5 Å². The highest BCUT2D eigenvalue weighted by Crippen LogP contribution is 2.41. The maximum Gasteiger partial charge on any atom is 0.335 e. The van der Waals surface area contributed by atoms with Crippen molar-refractivity contribution < 1.29 is 14.7 Å². The van der Waals surface area contributed by atoms with Crippen molar-refractivity contribution >= 4 is 5.97 Å². The third-order valence-electron chi connectivity index (χ3n) is 5.73. The van der Waals surface area contributed by atoms with E-state index in [1.54, 1.807) is 12.1 Å². The molecule has 0 radical (unpaired) electrons. The molecule has 0 aromatic heterocycles. The van der Waals surface area contributed by atoms with Crippen molar-refractivity contribution in [3.8, 4) is 0 Å². The van der Waals surface area contributed by atoms with Crippen molar-refractivity contribution in [3.63, 3.8) is 0 Å². The van der Waals surface area contributed by atoms with Crippen LogP contribution in [0.3, 0.4) is 0 Å². The second-order valence-electron chi connectivity index (χ2n) is 8.94. The molecule has 28 heavy (non-hydrogen) atoms. The Kier molecular flexibility index (Phi) is 5.92. The lowest BCUT2D eigenvalue weighted by atomic mass is 9.82. The van der Waals surface area contributed by atoms with Gasteiger partial charge in [-0.25, -0.2) is 4.79 Å². The monoisotopic (exact) mass is 381 g/mol. The molecule has 0 bridgehead atoms. The van der Waals surface area contributed by atoms with Gasteiger partial charge in [0.1, 0.15) is 6.10 Å². The van der Waals surface area contributed by atoms with Gasteiger partial charge >= 0.3 is 5.97 Å². The smallest absolute Gasteiger partial charge is 0.335 e. The quantitative estimate of drug-likeness (QED) is 0.703. The molecule has 2 aromatic carbocycles. The van der Waals surface area contributed by atoms with Gasteiger partial charge in [0.2, 0.25) is 0 Å². The molecule has 4 nitrogen and oxygen atoms in total. The molecule has 2 aromatic rings. The van der Waals surface area contributed by atoms with Crippen LogP contribution in [-0.2, 0) is 11.3 Å². The van der Waals surface area contributed by atoms with Gasteiger partial charge in [-0.3, -0.25) is 4.84 Å². The Hall–Kier alpha value is -2.17. The minimum Gasteiger partial charge on any atom is -0.478 e. The number of carboxylic acid groups (broad SMARTS) is 1. The van der Waals surface area contributed by atoms with Crippen LogP contribution in [0, 0.1) is 0 Å². The van der Waals surface area contributed by atoms with Gasteiger partial charge in [0.15, 0.2) is 0 Å². The van der Waals surface area contributed by atoms with Crippen molar-refractivity contribution in [2.75, 3.05) is 0 Å². The zero-order valence-electron chi connectivity index (χ0n) is 17.3. The van der Waals surface area contributed by atoms with Crippen molar-refractivity contribution in [1.82, 2.24) is 5.06 Å². The maximum absolute atomic E-state index is 11.7. The molecule has 1 N–H and O–H groups in total. The summed E-state index contributed by atoms with van der Waals surface area (Å²) in [5.74, 6) is -0.902. The Morgan fingerprint density at radius 3 is 2.18 bits per heavy atom. The molecule has 0 aliphatic carbocycles. The number of rotatable bonds is 6. The molecule has 1 unspecified atom stereocenters. The fraction of sp³-hybridized carbons (Fsp3) is 0.458. The summed E-state index contributed by atoms with van der Waals surface area (Å²) in [4.78, 5) is 18.4. The molecule has 3 rings (SSSR count). The largest absolute Gasteiger partial charge is 0.478 e. The lowest BCUT2D eigenvalue weighted by molar-refractivity contribution is -0.307. The van der Waals surface area contributed by atoms with Gasteiger partial charge in [-0.2, -0.15) is 5.06 Å². The number of hydrogen-bond donors (Lipinski definition) is 1. The Morgan fingerprint density at radius 1 is 1.00 bits per heavy atom. The van der Waals surface area contributed by atoms with Gasteiger partial charge < -0.3 is 5.11 Å². The fourth-order valence-corrected chi connectivity index (χ4v) is 4.38. The van der Waals surface area contributed by atoms with Gasteiger partial charge in [0.05, 0.1) is 5.56 Å². The van der Waals surface area contributed by atoms with Crippen LogP contribution in [-0.4, -0.2) is 27.2 Å². The molecule has 1 fully saturated rings. The van der Waals surface area contributed by atoms with Crippen LogP contribution in [0.1, 0.15) is 74.5 Å². The van der Waals surface area contributed by atoms with E-state index in [4.69, 9.17) is 4.84 Å². The SMILES string of the molecule is CC1(C)CCCC(C)(C)N1OC(Cc1ccccc1C(=O)O)c1ccccc1. The topological polar surface area (TPSA) is 49.8 Å². The Bertz CT molecular complexity index is 798. The van der Waals surface area contributed by atoms with Crippen LogP contribution in [0.5, 0.6) is 0 Å². The van der Waals surface area contributed by atoms with Crippen LogP contribution in [0.25, 0.3) is 0 Å². The molecule has 1 saturated heterocycles. The predicted molar refractivity (Wildman–Crippen MR) is 111 cm³/mol. The highest BCUT2D eigenvalue weighted by Gasteiger charge is 2.43. The zero-order valence-corrected chi connectivity index (χ0v) is 17.3. The Balaban J connectivity index is 1.96. The molecule has 1 heterocycles. The Labute approximate surface area is 168 Å². The van der Waals surface area contributed by atoms with E-state index in [1.165, 1.54) is 6.42 Å². The highest BCUT2D eigenvalue weighted by atomic mass is 16.7. The molecular weight excluding hydrogens is 350 g/mol. The number of hydroxylamine groups is 2. The first-order valence-electron chi connectivity index (χ1n) is 10.0. The summed E-state index contributed by atoms with van der Waals surface area (Å²) in [6, 6.07) is 17.3. The zero-order chi connectivity index (χ0) is 20.4. The minimum absolute atomic E-state index is 0.0822. The molecule has 4 heteroatoms. The first kappa shape index (κ1) is 20.6. The van der Waals surface area contributed by atoms with E-state index < -0.39 is 5.97 Å². The van der Waals surface area contributed by atoms with Gasteiger partial charge in [-0.15, -0.1) is 0 Å². The van der Waals surface area contributed by atoms with Crippen molar-refractivity contribution in [1.29, 1.82) is 0 Å². The lowest BCUT2D eigenvalue weighted by Gasteiger charge is -2.52. The van der Waals surface area contributed by atoms with E-state index in [0.29, 0.717) is 12.0 Å². The number of aromatic carboxylic acids is 1. The second-order valence-corrected chi connectivity index (χ2v) is 8.94. The number of hydrogen-bond acceptors (Lipinski definition) is 3. The Morgan fingerprint density at radius 2 is 1.57 bits per heavy atom. The van der Waals surface area contributed by atoms with Crippen LogP contribution >= 0.6 is 0 Å². The maximum atomic E-state index is 11.7. The molecular formula is C24H31NO3. The molecule has 1 atom stereocenters. The van der Waals surface area contributed by atoms with Crippen LogP contribution < -0.4 is 0 Å². The third-order valence-corrected chi connectivity index (χ3v) is 5.73. The highest BCUT2D eigenvalue weighted by molar-refractivity contribution is 5.89. The minimum atomic E-state index is -0.902. The molecule has 150 valence electrons. The first-order valence-corrected chi connectivity index (χ1v) is 10.0. The number of nitrogens with zero attached hydrogens (tertiary/aromatic N) is 1. The summed E-state index contributed by atoms with van der Waals surface area (Å²) in [7, 11) is 0. The van der Waals surface area contributed by atoms with Crippen LogP contribution in [0.15, 0.2) is 54.6 Å². The fourth-order valence-electron chi connectivity index (χ4n) is 4.38. The summed E-state index contributed by atoms with van der Waals surface area (Å²) in [6.45, 7) is 8.89. The molecule has 1 aliphatic rings. The van der Waals surface area contributed by atoms with Gasteiger partial charge in [-0.1, -0.05) is 48.5 Å². The number of piperidine rings is 1. The standard InChI is InChI=1S/C24H31NO3/c1-23(2)15-10-16-24(3,4)25(23)28-21(18-11-6-5-7-12-18)17-19-13-8-9-14-20(19)22(26)27/h5-9,11-14,21H,10,15-17H2,1-4H3,(H,26,27). The third kappa shape index (κ3) is 4.45. The number of carbonyl (C=O) groups is 1. The van der Waals surface area contributed by atoms with Crippen molar-refractivity contribution in [3.05, 3.63) is 71.3 Å². The van der Waals surface area contributed by atoms with E-state index in [-0.39, 0.29) is 17.2 Å². The summed E-state index contributed by atoms with van der Waals surface area (Å²) in [5, 5.41) is 11.7. The average molecular weight is 382 g/mol. The summed E-state index contributed by atoms with van der Waals surface area (Å²) in [6.07, 6.45) is 3.58. The van der Waals surface area contributed by atoms with E-state index in [2.05, 4.69) is 44.9 Å². The van der Waals surface area contributed by atoms with Gasteiger partial charge in [0.25, 0.3) is 0 Å². The van der Waals surface area contributed by atoms with Gasteiger partial charge in [-0.05, 0) is 64.2 Å². The van der Waals surface area contributed by atoms with Crippen LogP contribution in [0.2, 0.25) is 0 Å². The molecule has 0 saturated carbocycles. The molecule has 0 amide bonds. The van der Waals surface area contributed by atoms with Crippen LogP contribution in [0.4, 0.5) is 0 Å². The van der Waals surface area contributed by atoms with Crippen molar-refractivity contribution in [2.24, 2.45) is 0 Å². The summed E-state index contributed by atoms with van der Waals surface area (Å²) >= 11 is 0. The van der Waals surface area contributed by atoms with E-state index in [1.807, 2.05) is 30.3 Å². The predicted octanol–water partition coefficient (Wildman–Crippen LogP) is 5.64. The van der Waals surface area contributed by atoms with E-state index >= 15 is 0 Å². The number of benzene rings is 2. The molecule has 1 aliphatic heterocycles. The van der Waals surface area contributed by atoms with E-state index in [0.717, 1.165) is 24.0 Å². The average Bonchev–Trinajstić information content (AvgIpc) is 2.64. The summed E-state index contributed by atoms with van der Waals surface area (Å²) < 4.78 is 0. The normalized spacial score (nSPS) is 19.9. The van der Waals surface area contributed by atoms with E-state index in [9.17, 15) is 9.90 Å². The lowest BCUT2D eigenvalue weighted by Crippen LogP contribution is -2.58. The first-order chi connectivity index (χ1) is 13.2. The second kappa shape index (κ2) is 8.06. The molecule has 0 spiro atoms. The number of carboxylic acids is 1. The van der Waals surface area contributed by atoms with Crippen molar-refractivity contribution in [2.45, 2.75) is 70.6 Å².